The summed E-state index contributed by atoms with van der Waals surface area (Å²) in [6, 6.07) is 8.06. The SMILES string of the molecule is CSc1ccc(C(C)NC(=O)c2coc(C)n2)cc1. The monoisotopic (exact) mass is 276 g/mol. The van der Waals surface area contributed by atoms with Crippen molar-refractivity contribution in [2.24, 2.45) is 0 Å². The molecule has 0 saturated heterocycles. The maximum Gasteiger partial charge on any atom is 0.273 e. The van der Waals surface area contributed by atoms with E-state index < -0.39 is 0 Å². The van der Waals surface area contributed by atoms with E-state index in [0.717, 1.165) is 5.56 Å². The van der Waals surface area contributed by atoms with E-state index in [1.165, 1.54) is 11.2 Å². The second kappa shape index (κ2) is 5.93. The average molecular weight is 276 g/mol. The van der Waals surface area contributed by atoms with Crippen LogP contribution in [0.25, 0.3) is 0 Å². The van der Waals surface area contributed by atoms with Crippen molar-refractivity contribution in [3.05, 3.63) is 47.7 Å². The number of benzene rings is 1. The van der Waals surface area contributed by atoms with E-state index in [9.17, 15) is 4.79 Å². The predicted octanol–water partition coefficient (Wildman–Crippen LogP) is 3.20. The number of rotatable bonds is 4. The molecule has 2 aromatic rings. The number of carbonyl (C=O) groups excluding carboxylic acids is 1. The van der Waals surface area contributed by atoms with Crippen LogP contribution in [0.4, 0.5) is 0 Å². The number of oxazole rings is 1. The lowest BCUT2D eigenvalue weighted by atomic mass is 10.1. The van der Waals surface area contributed by atoms with E-state index in [-0.39, 0.29) is 11.9 Å². The fourth-order valence-corrected chi connectivity index (χ4v) is 2.12. The molecule has 1 unspecified atom stereocenters. The van der Waals surface area contributed by atoms with Crippen LogP contribution in [-0.2, 0) is 0 Å². The molecule has 0 saturated carbocycles. The molecule has 1 aromatic carbocycles. The summed E-state index contributed by atoms with van der Waals surface area (Å²) in [5.41, 5.74) is 1.37. The number of carbonyl (C=O) groups is 1. The molecule has 0 radical (unpaired) electrons. The minimum absolute atomic E-state index is 0.0691. The minimum Gasteiger partial charge on any atom is -0.448 e. The molecule has 1 aromatic heterocycles. The molecular formula is C14H16N2O2S. The first kappa shape index (κ1) is 13.7. The van der Waals surface area contributed by atoms with Gasteiger partial charge in [-0.25, -0.2) is 4.98 Å². The van der Waals surface area contributed by atoms with E-state index in [0.29, 0.717) is 11.6 Å². The molecule has 19 heavy (non-hydrogen) atoms. The minimum atomic E-state index is -0.224. The van der Waals surface area contributed by atoms with E-state index in [2.05, 4.69) is 10.3 Å². The zero-order valence-corrected chi connectivity index (χ0v) is 12.0. The van der Waals surface area contributed by atoms with Crippen LogP contribution in [0.1, 0.15) is 34.9 Å². The molecular weight excluding hydrogens is 260 g/mol. The van der Waals surface area contributed by atoms with Gasteiger partial charge in [-0.15, -0.1) is 11.8 Å². The number of thioether (sulfide) groups is 1. The fourth-order valence-electron chi connectivity index (χ4n) is 1.71. The highest BCUT2D eigenvalue weighted by Gasteiger charge is 2.14. The molecule has 0 fully saturated rings. The molecule has 1 N–H and O–H groups in total. The van der Waals surface area contributed by atoms with Gasteiger partial charge in [0.2, 0.25) is 0 Å². The molecule has 1 amide bonds. The fraction of sp³-hybridized carbons (Fsp3) is 0.286. The van der Waals surface area contributed by atoms with E-state index in [1.54, 1.807) is 18.7 Å². The second-order valence-electron chi connectivity index (χ2n) is 4.22. The quantitative estimate of drug-likeness (QED) is 0.871. The van der Waals surface area contributed by atoms with Gasteiger partial charge in [0.15, 0.2) is 11.6 Å². The Bertz CT molecular complexity index is 563. The van der Waals surface area contributed by atoms with Crippen LogP contribution < -0.4 is 5.32 Å². The number of nitrogens with zero attached hydrogens (tertiary/aromatic N) is 1. The molecule has 0 aliphatic rings. The Labute approximate surface area is 116 Å². The van der Waals surface area contributed by atoms with Crippen LogP contribution in [0.5, 0.6) is 0 Å². The highest BCUT2D eigenvalue weighted by Crippen LogP contribution is 2.19. The van der Waals surface area contributed by atoms with Gasteiger partial charge in [-0.3, -0.25) is 4.79 Å². The van der Waals surface area contributed by atoms with Crippen molar-refractivity contribution in [3.63, 3.8) is 0 Å². The van der Waals surface area contributed by atoms with Crippen molar-refractivity contribution in [3.8, 4) is 0 Å². The third kappa shape index (κ3) is 3.38. The molecule has 1 heterocycles. The standard InChI is InChI=1S/C14H16N2O2S/c1-9(11-4-6-12(19-3)7-5-11)15-14(17)13-8-18-10(2)16-13/h4-9H,1-3H3,(H,15,17). The molecule has 0 aliphatic heterocycles. The number of amides is 1. The summed E-state index contributed by atoms with van der Waals surface area (Å²) in [7, 11) is 0. The van der Waals surface area contributed by atoms with Gasteiger partial charge in [0.05, 0.1) is 6.04 Å². The van der Waals surface area contributed by atoms with Crippen molar-refractivity contribution in [2.75, 3.05) is 6.26 Å². The summed E-state index contributed by atoms with van der Waals surface area (Å²) < 4.78 is 5.03. The van der Waals surface area contributed by atoms with Crippen LogP contribution in [-0.4, -0.2) is 17.1 Å². The van der Waals surface area contributed by atoms with E-state index in [4.69, 9.17) is 4.42 Å². The Morgan fingerprint density at radius 2 is 2.05 bits per heavy atom. The first-order valence-corrected chi connectivity index (χ1v) is 7.19. The molecule has 1 atom stereocenters. The van der Waals surface area contributed by atoms with Crippen molar-refractivity contribution in [2.45, 2.75) is 24.8 Å². The number of aromatic nitrogens is 1. The van der Waals surface area contributed by atoms with Crippen molar-refractivity contribution in [1.29, 1.82) is 0 Å². The lowest BCUT2D eigenvalue weighted by molar-refractivity contribution is 0.0935. The third-order valence-electron chi connectivity index (χ3n) is 2.82. The Kier molecular flexibility index (Phi) is 4.27. The molecule has 0 aliphatic carbocycles. The topological polar surface area (TPSA) is 55.1 Å². The summed E-state index contributed by atoms with van der Waals surface area (Å²) in [5.74, 6) is 0.264. The molecule has 4 nitrogen and oxygen atoms in total. The van der Waals surface area contributed by atoms with Crippen LogP contribution >= 0.6 is 11.8 Å². The van der Waals surface area contributed by atoms with Gasteiger partial charge in [0.25, 0.3) is 5.91 Å². The highest BCUT2D eigenvalue weighted by molar-refractivity contribution is 7.98. The van der Waals surface area contributed by atoms with Crippen molar-refractivity contribution in [1.82, 2.24) is 10.3 Å². The lowest BCUT2D eigenvalue weighted by Crippen LogP contribution is -2.26. The van der Waals surface area contributed by atoms with E-state index >= 15 is 0 Å². The maximum absolute atomic E-state index is 11.9. The number of hydrogen-bond donors (Lipinski definition) is 1. The van der Waals surface area contributed by atoms with Gasteiger partial charge >= 0.3 is 0 Å². The highest BCUT2D eigenvalue weighted by atomic mass is 32.2. The maximum atomic E-state index is 11.9. The van der Waals surface area contributed by atoms with Crippen LogP contribution in [0.2, 0.25) is 0 Å². The van der Waals surface area contributed by atoms with Crippen LogP contribution in [0.15, 0.2) is 39.8 Å². The Morgan fingerprint density at radius 1 is 1.37 bits per heavy atom. The Morgan fingerprint density at radius 3 is 2.58 bits per heavy atom. The number of aryl methyl sites for hydroxylation is 1. The van der Waals surface area contributed by atoms with Gasteiger partial charge in [0.1, 0.15) is 6.26 Å². The number of nitrogens with one attached hydrogen (secondary N) is 1. The Balaban J connectivity index is 2.03. The van der Waals surface area contributed by atoms with Gasteiger partial charge in [-0.2, -0.15) is 0 Å². The zero-order valence-electron chi connectivity index (χ0n) is 11.1. The lowest BCUT2D eigenvalue weighted by Gasteiger charge is -2.13. The van der Waals surface area contributed by atoms with Gasteiger partial charge in [0, 0.05) is 11.8 Å². The third-order valence-corrected chi connectivity index (χ3v) is 3.56. The van der Waals surface area contributed by atoms with Gasteiger partial charge in [-0.05, 0) is 30.9 Å². The first-order chi connectivity index (χ1) is 9.10. The Hall–Kier alpha value is -1.75. The first-order valence-electron chi connectivity index (χ1n) is 5.97. The van der Waals surface area contributed by atoms with Crippen LogP contribution in [0.3, 0.4) is 0 Å². The smallest absolute Gasteiger partial charge is 0.273 e. The molecule has 2 rings (SSSR count). The van der Waals surface area contributed by atoms with Crippen LogP contribution in [0, 0.1) is 6.92 Å². The summed E-state index contributed by atoms with van der Waals surface area (Å²) in [5, 5.41) is 2.90. The summed E-state index contributed by atoms with van der Waals surface area (Å²) >= 11 is 1.69. The van der Waals surface area contributed by atoms with Crippen molar-refractivity contribution >= 4 is 17.7 Å². The molecule has 0 bridgehead atoms. The summed E-state index contributed by atoms with van der Waals surface area (Å²) in [6.45, 7) is 3.65. The molecule has 5 heteroatoms. The van der Waals surface area contributed by atoms with E-state index in [1.807, 2.05) is 37.4 Å². The largest absolute Gasteiger partial charge is 0.448 e. The molecule has 0 spiro atoms. The number of hydrogen-bond acceptors (Lipinski definition) is 4. The predicted molar refractivity (Wildman–Crippen MR) is 75.3 cm³/mol. The van der Waals surface area contributed by atoms with Crippen molar-refractivity contribution < 1.29 is 9.21 Å². The normalized spacial score (nSPS) is 12.2. The van der Waals surface area contributed by atoms with Gasteiger partial charge in [-0.1, -0.05) is 12.1 Å². The van der Waals surface area contributed by atoms with Gasteiger partial charge < -0.3 is 9.73 Å². The average Bonchev–Trinajstić information content (AvgIpc) is 2.85. The summed E-state index contributed by atoms with van der Waals surface area (Å²) in [6.07, 6.45) is 3.40. The summed E-state index contributed by atoms with van der Waals surface area (Å²) in [4.78, 5) is 17.1. The molecule has 100 valence electrons. The second-order valence-corrected chi connectivity index (χ2v) is 5.10. The zero-order chi connectivity index (χ0) is 13.8.